The second-order valence-electron chi connectivity index (χ2n) is 6.26. The highest BCUT2D eigenvalue weighted by Gasteiger charge is 2.22. The van der Waals surface area contributed by atoms with Crippen molar-refractivity contribution in [2.24, 2.45) is 5.92 Å². The van der Waals surface area contributed by atoms with Gasteiger partial charge in [0.1, 0.15) is 0 Å². The predicted molar refractivity (Wildman–Crippen MR) is 97.1 cm³/mol. The van der Waals surface area contributed by atoms with Crippen molar-refractivity contribution in [3.8, 4) is 5.88 Å². The van der Waals surface area contributed by atoms with Gasteiger partial charge in [-0.25, -0.2) is 4.52 Å². The van der Waals surface area contributed by atoms with Crippen LogP contribution in [0.5, 0.6) is 5.88 Å². The van der Waals surface area contributed by atoms with E-state index in [1.807, 2.05) is 36.8 Å². The van der Waals surface area contributed by atoms with E-state index >= 15 is 0 Å². The van der Waals surface area contributed by atoms with E-state index in [-0.39, 0.29) is 0 Å². The van der Waals surface area contributed by atoms with E-state index in [2.05, 4.69) is 33.3 Å². The fourth-order valence-electron chi connectivity index (χ4n) is 2.72. The Morgan fingerprint density at radius 3 is 3.08 bits per heavy atom. The lowest BCUT2D eigenvalue weighted by Gasteiger charge is -2.05. The van der Waals surface area contributed by atoms with Crippen molar-refractivity contribution >= 4 is 28.3 Å². The summed E-state index contributed by atoms with van der Waals surface area (Å²) in [5.74, 6) is 1.38. The van der Waals surface area contributed by atoms with Gasteiger partial charge in [-0.3, -0.25) is 4.98 Å². The van der Waals surface area contributed by atoms with Crippen LogP contribution in [0.25, 0.3) is 16.6 Å². The van der Waals surface area contributed by atoms with Crippen LogP contribution in [0.2, 0.25) is 0 Å². The van der Waals surface area contributed by atoms with Crippen LogP contribution < -0.4 is 4.74 Å². The summed E-state index contributed by atoms with van der Waals surface area (Å²) in [7, 11) is 0. The maximum Gasteiger partial charge on any atom is 0.216 e. The Balaban J connectivity index is 1.45. The van der Waals surface area contributed by atoms with Gasteiger partial charge in [-0.05, 0) is 43.0 Å². The molecule has 5 nitrogen and oxygen atoms in total. The number of hydrogen-bond donors (Lipinski definition) is 0. The fourth-order valence-corrected chi connectivity index (χ4v) is 3.62. The first-order chi connectivity index (χ1) is 12.3. The average Bonchev–Trinajstić information content (AvgIpc) is 3.41. The number of benzene rings is 1. The summed E-state index contributed by atoms with van der Waals surface area (Å²) in [5, 5.41) is 5.52. The molecule has 0 bridgehead atoms. The summed E-state index contributed by atoms with van der Waals surface area (Å²) < 4.78 is 7.59. The largest absolute Gasteiger partial charge is 0.477 e. The zero-order valence-corrected chi connectivity index (χ0v) is 14.3. The molecule has 0 spiro atoms. The summed E-state index contributed by atoms with van der Waals surface area (Å²) in [5.41, 5.74) is 1.82. The maximum atomic E-state index is 5.80. The van der Waals surface area contributed by atoms with Crippen LogP contribution >= 0.6 is 11.8 Å². The monoisotopic (exact) mass is 348 g/mol. The molecule has 1 aromatic carbocycles. The van der Waals surface area contributed by atoms with Crippen molar-refractivity contribution < 1.29 is 4.74 Å². The van der Waals surface area contributed by atoms with E-state index in [0.29, 0.717) is 11.8 Å². The van der Waals surface area contributed by atoms with Gasteiger partial charge in [0.15, 0.2) is 5.65 Å². The van der Waals surface area contributed by atoms with E-state index in [4.69, 9.17) is 4.74 Å². The van der Waals surface area contributed by atoms with E-state index < -0.39 is 0 Å². The number of pyridine rings is 1. The Bertz CT molecular complexity index is 1060. The smallest absolute Gasteiger partial charge is 0.216 e. The molecular formula is C19H16N4OS. The van der Waals surface area contributed by atoms with E-state index in [9.17, 15) is 0 Å². The van der Waals surface area contributed by atoms with E-state index in [1.54, 1.807) is 16.3 Å². The van der Waals surface area contributed by atoms with Crippen molar-refractivity contribution in [1.82, 2.24) is 19.6 Å². The quantitative estimate of drug-likeness (QED) is 0.540. The van der Waals surface area contributed by atoms with Crippen LogP contribution in [0, 0.1) is 5.92 Å². The molecule has 3 aromatic heterocycles. The zero-order chi connectivity index (χ0) is 16.6. The van der Waals surface area contributed by atoms with Gasteiger partial charge in [-0.15, -0.1) is 0 Å². The van der Waals surface area contributed by atoms with Crippen LogP contribution in [0.1, 0.15) is 12.8 Å². The second kappa shape index (κ2) is 6.04. The van der Waals surface area contributed by atoms with E-state index in [1.165, 1.54) is 12.8 Å². The summed E-state index contributed by atoms with van der Waals surface area (Å²) >= 11 is 1.65. The lowest BCUT2D eigenvalue weighted by Crippen LogP contribution is -2.02. The van der Waals surface area contributed by atoms with Gasteiger partial charge >= 0.3 is 0 Å². The summed E-state index contributed by atoms with van der Waals surface area (Å²) in [4.78, 5) is 11.2. The summed E-state index contributed by atoms with van der Waals surface area (Å²) in [6.45, 7) is 0.761. The van der Waals surface area contributed by atoms with Crippen molar-refractivity contribution in [3.63, 3.8) is 0 Å². The first kappa shape index (κ1) is 14.7. The molecule has 0 radical (unpaired) electrons. The fraction of sp³-hybridized carbons (Fsp3) is 0.211. The third-order valence-electron chi connectivity index (χ3n) is 4.28. The summed E-state index contributed by atoms with van der Waals surface area (Å²) in [6.07, 6.45) is 8.11. The highest BCUT2D eigenvalue weighted by atomic mass is 32.2. The predicted octanol–water partition coefficient (Wildman–Crippen LogP) is 4.22. The van der Waals surface area contributed by atoms with Crippen molar-refractivity contribution in [2.75, 3.05) is 6.61 Å². The van der Waals surface area contributed by atoms with Gasteiger partial charge in [0, 0.05) is 28.7 Å². The van der Waals surface area contributed by atoms with Gasteiger partial charge < -0.3 is 4.74 Å². The lowest BCUT2D eigenvalue weighted by molar-refractivity contribution is 0.288. The molecule has 0 aliphatic heterocycles. The van der Waals surface area contributed by atoms with Crippen LogP contribution in [0.3, 0.4) is 0 Å². The molecule has 0 N–H and O–H groups in total. The molecule has 0 amide bonds. The molecule has 1 aliphatic rings. The van der Waals surface area contributed by atoms with Gasteiger partial charge in [-0.1, -0.05) is 17.8 Å². The Morgan fingerprint density at radius 1 is 1.20 bits per heavy atom. The Morgan fingerprint density at radius 2 is 2.16 bits per heavy atom. The molecule has 1 aliphatic carbocycles. The number of nitrogens with zero attached hydrogens (tertiary/aromatic N) is 4. The number of hydrogen-bond acceptors (Lipinski definition) is 5. The second-order valence-corrected chi connectivity index (χ2v) is 7.37. The van der Waals surface area contributed by atoms with Gasteiger partial charge in [0.25, 0.3) is 0 Å². The first-order valence-corrected chi connectivity index (χ1v) is 9.17. The molecule has 5 rings (SSSR count). The van der Waals surface area contributed by atoms with Gasteiger partial charge in [0.05, 0.1) is 23.2 Å². The van der Waals surface area contributed by atoms with Crippen molar-refractivity contribution in [3.05, 3.63) is 55.0 Å². The average molecular weight is 348 g/mol. The molecule has 6 heteroatoms. The Labute approximate surface area is 149 Å². The molecule has 0 saturated heterocycles. The molecule has 4 aromatic rings. The highest BCUT2D eigenvalue weighted by molar-refractivity contribution is 7.99. The van der Waals surface area contributed by atoms with Gasteiger partial charge in [0.2, 0.25) is 5.88 Å². The molecule has 0 unspecified atom stereocenters. The van der Waals surface area contributed by atoms with Crippen LogP contribution in [-0.4, -0.2) is 26.2 Å². The molecule has 3 heterocycles. The lowest BCUT2D eigenvalue weighted by atomic mass is 10.2. The molecule has 1 fully saturated rings. The van der Waals surface area contributed by atoms with Gasteiger partial charge in [-0.2, -0.15) is 10.1 Å². The minimum absolute atomic E-state index is 0.671. The minimum atomic E-state index is 0.671. The maximum absolute atomic E-state index is 5.80. The van der Waals surface area contributed by atoms with E-state index in [0.717, 1.165) is 32.9 Å². The van der Waals surface area contributed by atoms with Crippen molar-refractivity contribution in [1.29, 1.82) is 0 Å². The molecular weight excluding hydrogens is 332 g/mol. The van der Waals surface area contributed by atoms with Crippen molar-refractivity contribution in [2.45, 2.75) is 22.6 Å². The van der Waals surface area contributed by atoms with Crippen LogP contribution in [-0.2, 0) is 0 Å². The topological polar surface area (TPSA) is 52.3 Å². The molecule has 25 heavy (non-hydrogen) atoms. The van der Waals surface area contributed by atoms with Crippen LogP contribution in [0.4, 0.5) is 0 Å². The molecule has 124 valence electrons. The number of aromatic nitrogens is 4. The molecule has 1 saturated carbocycles. The first-order valence-electron chi connectivity index (χ1n) is 8.35. The number of rotatable bonds is 5. The number of ether oxygens (including phenoxy) is 1. The molecule has 0 atom stereocenters. The third-order valence-corrected chi connectivity index (χ3v) is 5.27. The Hall–Kier alpha value is -2.60. The summed E-state index contributed by atoms with van der Waals surface area (Å²) in [6, 6.07) is 12.2. The normalized spacial score (nSPS) is 14.2. The third kappa shape index (κ3) is 3.05. The highest BCUT2D eigenvalue weighted by Crippen LogP contribution is 2.33. The number of fused-ring (bicyclic) bond motifs is 2. The van der Waals surface area contributed by atoms with Crippen LogP contribution in [0.15, 0.2) is 64.8 Å². The Kier molecular flexibility index (Phi) is 3.56. The SMILES string of the molecule is c1cnc2ccc(Sc3cnn4ccc(OCC5CC5)nc34)cc2c1. The standard InChI is InChI=1S/C19H16N4OS/c1-2-14-10-15(5-6-16(14)20-8-1)25-17-11-21-23-9-7-18(22-19(17)23)24-12-13-3-4-13/h1-2,5-11,13H,3-4,12H2. The zero-order valence-electron chi connectivity index (χ0n) is 13.5. The minimum Gasteiger partial charge on any atom is -0.477 e.